The molecule has 2 aromatic heterocycles. The number of aliphatic carboxylic acids is 1. The number of aromatic nitrogens is 3. The summed E-state index contributed by atoms with van der Waals surface area (Å²) in [6.45, 7) is 3.64. The van der Waals surface area contributed by atoms with Gasteiger partial charge in [-0.1, -0.05) is 12.2 Å². The summed E-state index contributed by atoms with van der Waals surface area (Å²) in [4.78, 5) is 28.9. The van der Waals surface area contributed by atoms with Crippen LogP contribution in [0.25, 0.3) is 11.0 Å². The molecule has 2 aromatic rings. The number of hydrogen-bond acceptors (Lipinski definition) is 4. The molecular formula is C18H22N4O3. The molecule has 132 valence electrons. The lowest BCUT2D eigenvalue weighted by Gasteiger charge is -2.14. The Morgan fingerprint density at radius 2 is 2.20 bits per heavy atom. The van der Waals surface area contributed by atoms with Gasteiger partial charge in [-0.15, -0.1) is 0 Å². The summed E-state index contributed by atoms with van der Waals surface area (Å²) in [5.41, 5.74) is 2.69. The Kier molecular flexibility index (Phi) is 4.57. The van der Waals surface area contributed by atoms with E-state index in [-0.39, 0.29) is 6.42 Å². The Hall–Kier alpha value is -2.70. The van der Waals surface area contributed by atoms with Gasteiger partial charge in [0.05, 0.1) is 16.6 Å². The highest BCUT2D eigenvalue weighted by Crippen LogP contribution is 2.40. The number of rotatable bonds is 6. The molecule has 0 radical (unpaired) electrons. The first kappa shape index (κ1) is 17.1. The number of fused-ring (bicyclic) bond motifs is 1. The van der Waals surface area contributed by atoms with E-state index in [2.05, 4.69) is 15.4 Å². The Balaban J connectivity index is 2.01. The smallest absolute Gasteiger partial charge is 0.326 e. The van der Waals surface area contributed by atoms with Crippen molar-refractivity contribution in [1.82, 2.24) is 20.1 Å². The number of carboxylic acids is 1. The number of hydrogen-bond donors (Lipinski definition) is 2. The van der Waals surface area contributed by atoms with Crippen molar-refractivity contribution >= 4 is 22.9 Å². The van der Waals surface area contributed by atoms with Crippen molar-refractivity contribution in [3.8, 4) is 0 Å². The van der Waals surface area contributed by atoms with Crippen molar-refractivity contribution in [3.05, 3.63) is 35.2 Å². The molecule has 0 aliphatic heterocycles. The van der Waals surface area contributed by atoms with E-state index < -0.39 is 17.9 Å². The Bertz CT molecular complexity index is 865. The zero-order chi connectivity index (χ0) is 18.1. The molecule has 3 rings (SSSR count). The van der Waals surface area contributed by atoms with Crippen LogP contribution in [0.5, 0.6) is 0 Å². The van der Waals surface area contributed by atoms with E-state index >= 15 is 0 Å². The van der Waals surface area contributed by atoms with Crippen LogP contribution >= 0.6 is 0 Å². The van der Waals surface area contributed by atoms with Crippen LogP contribution in [0.2, 0.25) is 0 Å². The molecule has 2 N–H and O–H groups in total. The number of carboxylic acid groups (broad SMARTS) is 1. The number of amides is 1. The van der Waals surface area contributed by atoms with Crippen LogP contribution in [0.1, 0.15) is 53.8 Å². The summed E-state index contributed by atoms with van der Waals surface area (Å²) in [5, 5.41) is 17.0. The lowest BCUT2D eigenvalue weighted by Crippen LogP contribution is -2.40. The molecule has 1 unspecified atom stereocenters. The highest BCUT2D eigenvalue weighted by atomic mass is 16.4. The number of nitrogens with one attached hydrogen (secondary N) is 1. The van der Waals surface area contributed by atoms with Gasteiger partial charge in [-0.05, 0) is 39.2 Å². The monoisotopic (exact) mass is 342 g/mol. The van der Waals surface area contributed by atoms with E-state index in [4.69, 9.17) is 0 Å². The summed E-state index contributed by atoms with van der Waals surface area (Å²) in [6.07, 6.45) is 5.87. The second kappa shape index (κ2) is 6.66. The normalized spacial score (nSPS) is 15.6. The van der Waals surface area contributed by atoms with Gasteiger partial charge in [-0.3, -0.25) is 9.48 Å². The quantitative estimate of drug-likeness (QED) is 0.785. The Morgan fingerprint density at radius 3 is 2.80 bits per heavy atom. The van der Waals surface area contributed by atoms with Gasteiger partial charge >= 0.3 is 5.97 Å². The minimum atomic E-state index is -1.05. The molecular weight excluding hydrogens is 320 g/mol. The van der Waals surface area contributed by atoms with Crippen LogP contribution in [-0.2, 0) is 11.8 Å². The van der Waals surface area contributed by atoms with Crippen LogP contribution < -0.4 is 5.32 Å². The second-order valence-corrected chi connectivity index (χ2v) is 6.45. The number of nitrogens with zero attached hydrogens (tertiary/aromatic N) is 3. The van der Waals surface area contributed by atoms with Crippen molar-refractivity contribution in [2.45, 2.75) is 45.1 Å². The van der Waals surface area contributed by atoms with E-state index in [1.165, 1.54) is 0 Å². The van der Waals surface area contributed by atoms with E-state index in [9.17, 15) is 14.7 Å². The molecule has 2 heterocycles. The summed E-state index contributed by atoms with van der Waals surface area (Å²) in [5.74, 6) is -1.08. The fourth-order valence-electron chi connectivity index (χ4n) is 2.96. The third-order valence-electron chi connectivity index (χ3n) is 4.44. The van der Waals surface area contributed by atoms with Crippen molar-refractivity contribution in [2.24, 2.45) is 7.05 Å². The van der Waals surface area contributed by atoms with Gasteiger partial charge < -0.3 is 10.4 Å². The summed E-state index contributed by atoms with van der Waals surface area (Å²) in [7, 11) is 1.80. The molecule has 1 aliphatic carbocycles. The molecule has 0 saturated heterocycles. The first-order valence-corrected chi connectivity index (χ1v) is 8.41. The predicted octanol–water partition coefficient (Wildman–Crippen LogP) is 2.30. The van der Waals surface area contributed by atoms with Crippen LogP contribution in [0, 0.1) is 6.92 Å². The number of carbonyl (C=O) groups is 2. The largest absolute Gasteiger partial charge is 0.480 e. The highest BCUT2D eigenvalue weighted by molar-refractivity contribution is 6.07. The van der Waals surface area contributed by atoms with Crippen molar-refractivity contribution < 1.29 is 14.7 Å². The van der Waals surface area contributed by atoms with Crippen LogP contribution in [0.4, 0.5) is 0 Å². The molecule has 0 bridgehead atoms. The zero-order valence-electron chi connectivity index (χ0n) is 14.6. The minimum absolute atomic E-state index is 0.243. The average molecular weight is 342 g/mol. The lowest BCUT2D eigenvalue weighted by molar-refractivity contribution is -0.139. The number of allylic oxidation sites excluding steroid dienone is 1. The second-order valence-electron chi connectivity index (χ2n) is 6.45. The molecule has 0 spiro atoms. The summed E-state index contributed by atoms with van der Waals surface area (Å²) < 4.78 is 1.67. The van der Waals surface area contributed by atoms with E-state index in [1.807, 2.05) is 13.8 Å². The molecule has 1 saturated carbocycles. The maximum absolute atomic E-state index is 12.8. The predicted molar refractivity (Wildman–Crippen MR) is 93.5 cm³/mol. The first-order valence-electron chi connectivity index (χ1n) is 8.41. The number of carbonyl (C=O) groups excluding carboxylic acids is 1. The van der Waals surface area contributed by atoms with Crippen molar-refractivity contribution in [3.63, 3.8) is 0 Å². The Labute approximate surface area is 145 Å². The van der Waals surface area contributed by atoms with Gasteiger partial charge in [-0.25, -0.2) is 9.78 Å². The molecule has 1 aliphatic rings. The van der Waals surface area contributed by atoms with Gasteiger partial charge in [0.2, 0.25) is 0 Å². The van der Waals surface area contributed by atoms with Gasteiger partial charge in [-0.2, -0.15) is 5.10 Å². The number of aryl methyl sites for hydroxylation is 2. The van der Waals surface area contributed by atoms with Crippen LogP contribution in [0.15, 0.2) is 18.2 Å². The molecule has 25 heavy (non-hydrogen) atoms. The van der Waals surface area contributed by atoms with Crippen LogP contribution in [0.3, 0.4) is 0 Å². The Morgan fingerprint density at radius 1 is 1.48 bits per heavy atom. The standard InChI is InChI=1S/C18H22N4O3/c1-4-5-6-13(18(24)25)20-17(23)12-9-14(11-7-8-11)19-16-15(12)10(2)21-22(16)3/h4-5,9,11,13H,6-8H2,1-3H3,(H,20,23)(H,24,25)/b5-4+. The minimum Gasteiger partial charge on any atom is -0.480 e. The molecule has 1 atom stereocenters. The summed E-state index contributed by atoms with van der Waals surface area (Å²) >= 11 is 0. The molecule has 1 amide bonds. The highest BCUT2D eigenvalue weighted by Gasteiger charge is 2.29. The third kappa shape index (κ3) is 3.40. The maximum atomic E-state index is 12.8. The number of pyridine rings is 1. The molecule has 7 heteroatoms. The molecule has 7 nitrogen and oxygen atoms in total. The van der Waals surface area contributed by atoms with Crippen LogP contribution in [-0.4, -0.2) is 37.8 Å². The van der Waals surface area contributed by atoms with Gasteiger partial charge in [0.15, 0.2) is 5.65 Å². The lowest BCUT2D eigenvalue weighted by atomic mass is 10.1. The van der Waals surface area contributed by atoms with Crippen molar-refractivity contribution in [1.29, 1.82) is 0 Å². The van der Waals surface area contributed by atoms with Gasteiger partial charge in [0.1, 0.15) is 6.04 Å². The fraction of sp³-hybridized carbons (Fsp3) is 0.444. The van der Waals surface area contributed by atoms with Gasteiger partial charge in [0.25, 0.3) is 5.91 Å². The average Bonchev–Trinajstić information content (AvgIpc) is 3.37. The SMILES string of the molecule is C/C=C/CC(NC(=O)c1cc(C2CC2)nc2c1c(C)nn2C)C(=O)O. The van der Waals surface area contributed by atoms with Gasteiger partial charge in [0, 0.05) is 18.7 Å². The molecule has 0 aromatic carbocycles. The van der Waals surface area contributed by atoms with E-state index in [1.54, 1.807) is 29.9 Å². The fourth-order valence-corrected chi connectivity index (χ4v) is 2.96. The summed E-state index contributed by atoms with van der Waals surface area (Å²) in [6, 6.07) is 0.826. The maximum Gasteiger partial charge on any atom is 0.326 e. The van der Waals surface area contributed by atoms with E-state index in [0.29, 0.717) is 28.2 Å². The first-order chi connectivity index (χ1) is 11.9. The topological polar surface area (TPSA) is 97.1 Å². The third-order valence-corrected chi connectivity index (χ3v) is 4.44. The zero-order valence-corrected chi connectivity index (χ0v) is 14.6. The molecule has 1 fully saturated rings. The van der Waals surface area contributed by atoms with E-state index in [0.717, 1.165) is 18.5 Å². The van der Waals surface area contributed by atoms with Crippen molar-refractivity contribution in [2.75, 3.05) is 0 Å².